The Bertz CT molecular complexity index is 773. The fraction of sp³-hybridized carbons (Fsp3) is 0.235. The first kappa shape index (κ1) is 15.0. The topological polar surface area (TPSA) is 98.3 Å². The Morgan fingerprint density at radius 2 is 2.04 bits per heavy atom. The molecule has 2 aromatic carbocycles. The van der Waals surface area contributed by atoms with Gasteiger partial charge in [-0.05, 0) is 42.5 Å². The molecule has 1 aliphatic carbocycles. The van der Waals surface area contributed by atoms with Gasteiger partial charge in [-0.3, -0.25) is 14.9 Å². The van der Waals surface area contributed by atoms with E-state index in [0.29, 0.717) is 0 Å². The molecule has 0 spiro atoms. The molecule has 0 aliphatic heterocycles. The van der Waals surface area contributed by atoms with E-state index in [-0.39, 0.29) is 28.9 Å². The maximum absolute atomic E-state index is 12.4. The second kappa shape index (κ2) is 6.08. The predicted octanol–water partition coefficient (Wildman–Crippen LogP) is 2.98. The average molecular weight is 311 g/mol. The lowest BCUT2D eigenvalue weighted by molar-refractivity contribution is -0.383. The normalized spacial score (nSPS) is 16.4. The minimum Gasteiger partial charge on any atom is -0.393 e. The number of hydrogen-bond donors (Lipinski definition) is 2. The minimum atomic E-state index is -0.581. The van der Waals surface area contributed by atoms with E-state index in [1.807, 2.05) is 18.2 Å². The molecule has 118 valence electrons. The Hall–Kier alpha value is -2.89. The highest BCUT2D eigenvalue weighted by Gasteiger charge is 2.23. The van der Waals surface area contributed by atoms with Crippen molar-refractivity contribution in [3.05, 3.63) is 69.3 Å². The Morgan fingerprint density at radius 1 is 1.26 bits per heavy atom. The first-order valence-corrected chi connectivity index (χ1v) is 7.49. The van der Waals surface area contributed by atoms with Crippen LogP contribution in [0.25, 0.3) is 0 Å². The van der Waals surface area contributed by atoms with Gasteiger partial charge < -0.3 is 11.1 Å². The number of aryl methyl sites for hydroxylation is 1. The van der Waals surface area contributed by atoms with Crippen LogP contribution in [0.15, 0.2) is 42.5 Å². The fourth-order valence-corrected chi connectivity index (χ4v) is 2.99. The van der Waals surface area contributed by atoms with Crippen LogP contribution in [-0.2, 0) is 6.42 Å². The second-order valence-corrected chi connectivity index (χ2v) is 5.65. The summed E-state index contributed by atoms with van der Waals surface area (Å²) in [5.74, 6) is -0.324. The molecule has 6 heteroatoms. The number of nitrogens with zero attached hydrogens (tertiary/aromatic N) is 1. The van der Waals surface area contributed by atoms with Gasteiger partial charge in [0.1, 0.15) is 5.69 Å². The van der Waals surface area contributed by atoms with Gasteiger partial charge >= 0.3 is 0 Å². The van der Waals surface area contributed by atoms with E-state index < -0.39 is 4.92 Å². The molecule has 1 atom stereocenters. The summed E-state index contributed by atoms with van der Waals surface area (Å²) in [6.07, 6.45) is 2.87. The van der Waals surface area contributed by atoms with E-state index in [0.717, 1.165) is 24.8 Å². The van der Waals surface area contributed by atoms with Crippen molar-refractivity contribution in [3.8, 4) is 0 Å². The van der Waals surface area contributed by atoms with Crippen molar-refractivity contribution in [1.82, 2.24) is 5.32 Å². The number of fused-ring (bicyclic) bond motifs is 1. The molecule has 0 fully saturated rings. The lowest BCUT2D eigenvalue weighted by atomic mass is 9.87. The molecule has 1 aliphatic rings. The van der Waals surface area contributed by atoms with Crippen molar-refractivity contribution < 1.29 is 9.72 Å². The van der Waals surface area contributed by atoms with Crippen LogP contribution in [0, 0.1) is 10.1 Å². The number of rotatable bonds is 3. The summed E-state index contributed by atoms with van der Waals surface area (Å²) in [7, 11) is 0. The molecule has 2 aromatic rings. The maximum Gasteiger partial charge on any atom is 0.292 e. The zero-order valence-electron chi connectivity index (χ0n) is 12.5. The maximum atomic E-state index is 12.4. The fourth-order valence-electron chi connectivity index (χ4n) is 2.99. The van der Waals surface area contributed by atoms with Crippen molar-refractivity contribution in [2.45, 2.75) is 25.3 Å². The lowest BCUT2D eigenvalue weighted by Gasteiger charge is -2.26. The number of carbonyl (C=O) groups excluding carboxylic acids is 1. The highest BCUT2D eigenvalue weighted by Crippen LogP contribution is 2.30. The predicted molar refractivity (Wildman–Crippen MR) is 87.1 cm³/mol. The first-order chi connectivity index (χ1) is 11.1. The van der Waals surface area contributed by atoms with E-state index in [1.165, 1.54) is 23.8 Å². The zero-order valence-corrected chi connectivity index (χ0v) is 12.5. The van der Waals surface area contributed by atoms with E-state index in [1.54, 1.807) is 0 Å². The summed E-state index contributed by atoms with van der Waals surface area (Å²) in [6.45, 7) is 0. The van der Waals surface area contributed by atoms with Gasteiger partial charge in [0.05, 0.1) is 11.0 Å². The van der Waals surface area contributed by atoms with E-state index in [4.69, 9.17) is 5.73 Å². The summed E-state index contributed by atoms with van der Waals surface area (Å²) in [6, 6.07) is 12.1. The molecule has 6 nitrogen and oxygen atoms in total. The van der Waals surface area contributed by atoms with Crippen LogP contribution in [0.1, 0.15) is 40.4 Å². The van der Waals surface area contributed by atoms with Crippen molar-refractivity contribution in [3.63, 3.8) is 0 Å². The number of benzene rings is 2. The Balaban J connectivity index is 1.83. The highest BCUT2D eigenvalue weighted by atomic mass is 16.6. The van der Waals surface area contributed by atoms with Crippen LogP contribution in [0.2, 0.25) is 0 Å². The van der Waals surface area contributed by atoms with Crippen LogP contribution in [0.4, 0.5) is 11.4 Å². The van der Waals surface area contributed by atoms with Crippen molar-refractivity contribution >= 4 is 17.3 Å². The number of nitro groups is 1. The molecule has 3 rings (SSSR count). The third-order valence-electron chi connectivity index (χ3n) is 4.16. The third kappa shape index (κ3) is 3.01. The summed E-state index contributed by atoms with van der Waals surface area (Å²) in [5.41, 5.74) is 7.98. The lowest BCUT2D eigenvalue weighted by Crippen LogP contribution is -2.31. The Morgan fingerprint density at radius 3 is 2.83 bits per heavy atom. The van der Waals surface area contributed by atoms with Crippen LogP contribution in [0.3, 0.4) is 0 Å². The summed E-state index contributed by atoms with van der Waals surface area (Å²) < 4.78 is 0. The molecule has 0 heterocycles. The number of hydrogen-bond acceptors (Lipinski definition) is 4. The van der Waals surface area contributed by atoms with Crippen LogP contribution >= 0.6 is 0 Å². The number of nitro benzene ring substituents is 1. The van der Waals surface area contributed by atoms with E-state index in [9.17, 15) is 14.9 Å². The summed E-state index contributed by atoms with van der Waals surface area (Å²) in [5, 5.41) is 13.9. The smallest absolute Gasteiger partial charge is 0.292 e. The molecule has 0 bridgehead atoms. The average Bonchev–Trinajstić information content (AvgIpc) is 2.55. The minimum absolute atomic E-state index is 0.0505. The van der Waals surface area contributed by atoms with E-state index >= 15 is 0 Å². The molecule has 0 saturated heterocycles. The van der Waals surface area contributed by atoms with Crippen molar-refractivity contribution in [2.24, 2.45) is 0 Å². The monoisotopic (exact) mass is 311 g/mol. The van der Waals surface area contributed by atoms with E-state index in [2.05, 4.69) is 11.4 Å². The van der Waals surface area contributed by atoms with Gasteiger partial charge in [0.15, 0.2) is 0 Å². The molecular formula is C17H17N3O3. The first-order valence-electron chi connectivity index (χ1n) is 7.49. The molecular weight excluding hydrogens is 294 g/mol. The van der Waals surface area contributed by atoms with Gasteiger partial charge in [-0.15, -0.1) is 0 Å². The van der Waals surface area contributed by atoms with Gasteiger partial charge in [0.25, 0.3) is 11.6 Å². The SMILES string of the molecule is Nc1ccc(C(=O)N[C@H]2CCCc3ccccc32)cc1[N+](=O)[O-]. The number of anilines is 1. The summed E-state index contributed by atoms with van der Waals surface area (Å²) in [4.78, 5) is 22.8. The quantitative estimate of drug-likeness (QED) is 0.517. The Kier molecular flexibility index (Phi) is 3.97. The van der Waals surface area contributed by atoms with Crippen LogP contribution < -0.4 is 11.1 Å². The highest BCUT2D eigenvalue weighted by molar-refractivity contribution is 5.95. The number of nitrogens with two attached hydrogens (primary N) is 1. The molecule has 3 N–H and O–H groups in total. The Labute approximate surface area is 133 Å². The van der Waals surface area contributed by atoms with Gasteiger partial charge in [-0.1, -0.05) is 24.3 Å². The van der Waals surface area contributed by atoms with Crippen molar-refractivity contribution in [1.29, 1.82) is 0 Å². The number of nitrogens with one attached hydrogen (secondary N) is 1. The molecule has 1 amide bonds. The number of carbonyl (C=O) groups is 1. The van der Waals surface area contributed by atoms with Crippen LogP contribution in [0.5, 0.6) is 0 Å². The van der Waals surface area contributed by atoms with Gasteiger partial charge in [-0.2, -0.15) is 0 Å². The van der Waals surface area contributed by atoms with Gasteiger partial charge in [0, 0.05) is 11.6 Å². The standard InChI is InChI=1S/C17H17N3O3/c18-14-9-8-12(10-16(14)20(22)23)17(21)19-15-7-3-5-11-4-1-2-6-13(11)15/h1-2,4,6,8-10,15H,3,5,7,18H2,(H,19,21)/t15-/m0/s1. The van der Waals surface area contributed by atoms with Gasteiger partial charge in [0.2, 0.25) is 0 Å². The molecule has 0 aromatic heterocycles. The third-order valence-corrected chi connectivity index (χ3v) is 4.16. The van der Waals surface area contributed by atoms with Gasteiger partial charge in [-0.25, -0.2) is 0 Å². The summed E-state index contributed by atoms with van der Waals surface area (Å²) >= 11 is 0. The van der Waals surface area contributed by atoms with Crippen molar-refractivity contribution in [2.75, 3.05) is 5.73 Å². The molecule has 0 unspecified atom stereocenters. The molecule has 0 saturated carbocycles. The largest absolute Gasteiger partial charge is 0.393 e. The van der Waals surface area contributed by atoms with Crippen LogP contribution in [-0.4, -0.2) is 10.8 Å². The second-order valence-electron chi connectivity index (χ2n) is 5.65. The zero-order chi connectivity index (χ0) is 16.4. The molecule has 0 radical (unpaired) electrons. The molecule has 23 heavy (non-hydrogen) atoms. The number of amides is 1. The number of nitrogen functional groups attached to an aromatic ring is 1.